The number of hydrogen-bond acceptors (Lipinski definition) is 4. The predicted octanol–water partition coefficient (Wildman–Crippen LogP) is 3.25. The molecule has 1 aromatic heterocycles. The molecule has 0 spiro atoms. The molecule has 0 bridgehead atoms. The third kappa shape index (κ3) is 4.08. The van der Waals surface area contributed by atoms with Crippen LogP contribution in [-0.4, -0.2) is 16.5 Å². The topological polar surface area (TPSA) is 63.8 Å². The molecular formula is C15H26N4. The van der Waals surface area contributed by atoms with Crippen molar-refractivity contribution in [2.45, 2.75) is 52.4 Å². The van der Waals surface area contributed by atoms with Crippen LogP contribution in [0.4, 0.5) is 11.6 Å². The second-order valence-electron chi connectivity index (χ2n) is 5.62. The Bertz CT molecular complexity index is 397. The second kappa shape index (κ2) is 6.73. The molecule has 0 aliphatic heterocycles. The number of rotatable bonds is 5. The van der Waals surface area contributed by atoms with Gasteiger partial charge >= 0.3 is 0 Å². The first kappa shape index (κ1) is 14.1. The first-order valence-electron chi connectivity index (χ1n) is 7.58. The van der Waals surface area contributed by atoms with E-state index in [1.165, 1.54) is 32.1 Å². The van der Waals surface area contributed by atoms with E-state index in [-0.39, 0.29) is 0 Å². The van der Waals surface area contributed by atoms with E-state index in [4.69, 9.17) is 5.73 Å². The summed E-state index contributed by atoms with van der Waals surface area (Å²) in [6.45, 7) is 5.36. The van der Waals surface area contributed by atoms with Gasteiger partial charge in [-0.1, -0.05) is 33.1 Å². The molecule has 3 N–H and O–H groups in total. The van der Waals surface area contributed by atoms with Crippen LogP contribution in [0.5, 0.6) is 0 Å². The summed E-state index contributed by atoms with van der Waals surface area (Å²) in [5.41, 5.74) is 5.79. The van der Waals surface area contributed by atoms with Crippen LogP contribution < -0.4 is 11.1 Å². The van der Waals surface area contributed by atoms with E-state index in [0.717, 1.165) is 36.4 Å². The number of aryl methyl sites for hydroxylation is 1. The first-order valence-corrected chi connectivity index (χ1v) is 7.58. The van der Waals surface area contributed by atoms with Crippen molar-refractivity contribution in [1.29, 1.82) is 0 Å². The molecule has 0 aromatic carbocycles. The summed E-state index contributed by atoms with van der Waals surface area (Å²) in [6.07, 6.45) is 7.60. The molecule has 0 unspecified atom stereocenters. The van der Waals surface area contributed by atoms with Gasteiger partial charge in [-0.25, -0.2) is 9.97 Å². The maximum absolute atomic E-state index is 5.79. The minimum atomic E-state index is 0.559. The number of nitrogens with zero attached hydrogens (tertiary/aromatic N) is 2. The molecule has 0 atom stereocenters. The van der Waals surface area contributed by atoms with E-state index < -0.39 is 0 Å². The van der Waals surface area contributed by atoms with Crippen molar-refractivity contribution in [3.63, 3.8) is 0 Å². The third-order valence-electron chi connectivity index (χ3n) is 4.22. The smallest absolute Gasteiger partial charge is 0.132 e. The molecule has 4 nitrogen and oxygen atoms in total. The standard InChI is InChI=1S/C15H26N4/c1-3-11-5-7-12(8-6-11)10-17-15-9-13(16)18-14(4-2)19-15/h9,11-12H,3-8,10H2,1-2H3,(H3,16,17,18,19). The quantitative estimate of drug-likeness (QED) is 0.855. The second-order valence-corrected chi connectivity index (χ2v) is 5.62. The zero-order chi connectivity index (χ0) is 13.7. The van der Waals surface area contributed by atoms with Crippen LogP contribution in [0.15, 0.2) is 6.07 Å². The lowest BCUT2D eigenvalue weighted by Crippen LogP contribution is -2.21. The average Bonchev–Trinajstić information content (AvgIpc) is 2.45. The molecule has 0 saturated heterocycles. The molecule has 1 aliphatic carbocycles. The highest BCUT2D eigenvalue weighted by atomic mass is 15.0. The van der Waals surface area contributed by atoms with Crippen molar-refractivity contribution in [3.8, 4) is 0 Å². The van der Waals surface area contributed by atoms with Gasteiger partial charge in [0.25, 0.3) is 0 Å². The summed E-state index contributed by atoms with van der Waals surface area (Å²) in [7, 11) is 0. The van der Waals surface area contributed by atoms with E-state index in [1.807, 2.05) is 13.0 Å². The van der Waals surface area contributed by atoms with Gasteiger partial charge in [0, 0.05) is 19.0 Å². The maximum atomic E-state index is 5.79. The lowest BCUT2D eigenvalue weighted by molar-refractivity contribution is 0.278. The Morgan fingerprint density at radius 2 is 1.84 bits per heavy atom. The Labute approximate surface area is 116 Å². The van der Waals surface area contributed by atoms with Gasteiger partial charge in [-0.2, -0.15) is 0 Å². The fraction of sp³-hybridized carbons (Fsp3) is 0.733. The van der Waals surface area contributed by atoms with Crippen LogP contribution in [0.1, 0.15) is 51.8 Å². The zero-order valence-electron chi connectivity index (χ0n) is 12.2. The summed E-state index contributed by atoms with van der Waals surface area (Å²) in [6, 6.07) is 1.83. The van der Waals surface area contributed by atoms with E-state index in [0.29, 0.717) is 5.82 Å². The summed E-state index contributed by atoms with van der Waals surface area (Å²) >= 11 is 0. The van der Waals surface area contributed by atoms with E-state index in [9.17, 15) is 0 Å². The summed E-state index contributed by atoms with van der Waals surface area (Å²) in [5, 5.41) is 3.43. The maximum Gasteiger partial charge on any atom is 0.132 e. The van der Waals surface area contributed by atoms with E-state index in [1.54, 1.807) is 0 Å². The van der Waals surface area contributed by atoms with Gasteiger partial charge < -0.3 is 11.1 Å². The van der Waals surface area contributed by atoms with Crippen LogP contribution >= 0.6 is 0 Å². The van der Waals surface area contributed by atoms with Crippen LogP contribution in [0.2, 0.25) is 0 Å². The van der Waals surface area contributed by atoms with Gasteiger partial charge in [-0.05, 0) is 24.7 Å². The normalized spacial score (nSPS) is 23.3. The summed E-state index contributed by atoms with van der Waals surface area (Å²) < 4.78 is 0. The third-order valence-corrected chi connectivity index (χ3v) is 4.22. The fourth-order valence-electron chi connectivity index (χ4n) is 2.86. The van der Waals surface area contributed by atoms with Crippen LogP contribution in [-0.2, 0) is 6.42 Å². The molecule has 1 heterocycles. The van der Waals surface area contributed by atoms with Crippen molar-refractivity contribution in [2.24, 2.45) is 11.8 Å². The highest BCUT2D eigenvalue weighted by Gasteiger charge is 2.19. The molecule has 1 aliphatic rings. The van der Waals surface area contributed by atoms with Crippen molar-refractivity contribution in [1.82, 2.24) is 9.97 Å². The van der Waals surface area contributed by atoms with Crippen molar-refractivity contribution < 1.29 is 0 Å². The molecule has 1 aromatic rings. The molecule has 1 saturated carbocycles. The number of hydrogen-bond donors (Lipinski definition) is 2. The Kier molecular flexibility index (Phi) is 5.00. The summed E-state index contributed by atoms with van der Waals surface area (Å²) in [5.74, 6) is 3.99. The molecule has 1 fully saturated rings. The van der Waals surface area contributed by atoms with Gasteiger partial charge in [-0.15, -0.1) is 0 Å². The molecule has 2 rings (SSSR count). The van der Waals surface area contributed by atoms with Crippen LogP contribution in [0.25, 0.3) is 0 Å². The minimum Gasteiger partial charge on any atom is -0.384 e. The number of aromatic nitrogens is 2. The molecule has 0 radical (unpaired) electrons. The number of nitrogens with two attached hydrogens (primary N) is 1. The summed E-state index contributed by atoms with van der Waals surface area (Å²) in [4.78, 5) is 8.66. The fourth-order valence-corrected chi connectivity index (χ4v) is 2.86. The largest absolute Gasteiger partial charge is 0.384 e. The first-order chi connectivity index (χ1) is 9.21. The Balaban J connectivity index is 1.84. The minimum absolute atomic E-state index is 0.559. The highest BCUT2D eigenvalue weighted by Crippen LogP contribution is 2.30. The van der Waals surface area contributed by atoms with Crippen LogP contribution in [0.3, 0.4) is 0 Å². The van der Waals surface area contributed by atoms with Gasteiger partial charge in [0.05, 0.1) is 0 Å². The predicted molar refractivity (Wildman–Crippen MR) is 80.1 cm³/mol. The number of nitrogen functional groups attached to an aromatic ring is 1. The Morgan fingerprint density at radius 3 is 2.47 bits per heavy atom. The van der Waals surface area contributed by atoms with Gasteiger partial charge in [0.15, 0.2) is 0 Å². The molecule has 19 heavy (non-hydrogen) atoms. The van der Waals surface area contributed by atoms with Gasteiger partial charge in [0.1, 0.15) is 17.5 Å². The molecule has 106 valence electrons. The Morgan fingerprint density at radius 1 is 1.16 bits per heavy atom. The SMILES string of the molecule is CCc1nc(N)cc(NCC2CCC(CC)CC2)n1. The number of nitrogens with one attached hydrogen (secondary N) is 1. The number of anilines is 2. The monoisotopic (exact) mass is 262 g/mol. The Hall–Kier alpha value is -1.32. The van der Waals surface area contributed by atoms with Gasteiger partial charge in [0.2, 0.25) is 0 Å². The molecular weight excluding hydrogens is 236 g/mol. The average molecular weight is 262 g/mol. The van der Waals surface area contributed by atoms with Crippen LogP contribution in [0, 0.1) is 11.8 Å². The van der Waals surface area contributed by atoms with Crippen molar-refractivity contribution in [2.75, 3.05) is 17.6 Å². The highest BCUT2D eigenvalue weighted by molar-refractivity contribution is 5.44. The lowest BCUT2D eigenvalue weighted by Gasteiger charge is -2.28. The molecule has 0 amide bonds. The lowest BCUT2D eigenvalue weighted by atomic mass is 9.81. The van der Waals surface area contributed by atoms with Crippen molar-refractivity contribution >= 4 is 11.6 Å². The van der Waals surface area contributed by atoms with Crippen molar-refractivity contribution in [3.05, 3.63) is 11.9 Å². The molecule has 4 heteroatoms. The van der Waals surface area contributed by atoms with E-state index in [2.05, 4.69) is 22.2 Å². The van der Waals surface area contributed by atoms with Gasteiger partial charge in [-0.3, -0.25) is 0 Å². The zero-order valence-corrected chi connectivity index (χ0v) is 12.2. The van der Waals surface area contributed by atoms with E-state index >= 15 is 0 Å².